The monoisotopic (exact) mass is 175 g/mol. The van der Waals surface area contributed by atoms with Crippen LogP contribution in [0.1, 0.15) is 33.6 Å². The van der Waals surface area contributed by atoms with Gasteiger partial charge in [-0.3, -0.25) is 0 Å². The Morgan fingerprint density at radius 1 is 1.36 bits per heavy atom. The second kappa shape index (κ2) is 5.04. The minimum Gasteiger partial charge on any atom is -0.328 e. The van der Waals surface area contributed by atoms with Gasteiger partial charge >= 0.3 is 0 Å². The second-order valence-corrected chi connectivity index (χ2v) is 5.29. The van der Waals surface area contributed by atoms with E-state index in [1.165, 1.54) is 5.75 Å². The van der Waals surface area contributed by atoms with E-state index in [1.807, 2.05) is 11.8 Å². The molecule has 0 aliphatic rings. The molecule has 1 nitrogen and oxygen atoms in total. The zero-order chi connectivity index (χ0) is 8.91. The molecule has 0 unspecified atom stereocenters. The Morgan fingerprint density at radius 3 is 2.27 bits per heavy atom. The molecule has 0 aromatic rings. The average molecular weight is 175 g/mol. The molecule has 0 saturated carbocycles. The number of hydrogen-bond donors (Lipinski definition) is 1. The molecule has 11 heavy (non-hydrogen) atoms. The molecule has 0 bridgehead atoms. The molecule has 0 fully saturated rings. The molecule has 0 aliphatic carbocycles. The van der Waals surface area contributed by atoms with Crippen LogP contribution < -0.4 is 5.73 Å². The molecule has 0 aliphatic heterocycles. The molecule has 0 spiro atoms. The summed E-state index contributed by atoms with van der Waals surface area (Å²) in [5, 5.41) is 0. The molecule has 0 rings (SSSR count). The summed E-state index contributed by atoms with van der Waals surface area (Å²) in [4.78, 5) is 0. The first-order valence-electron chi connectivity index (χ1n) is 4.20. The van der Waals surface area contributed by atoms with E-state index in [4.69, 9.17) is 5.73 Å². The fraction of sp³-hybridized carbons (Fsp3) is 1.00. The first-order valence-corrected chi connectivity index (χ1v) is 5.59. The molecule has 0 saturated heterocycles. The Labute approximate surface area is 75.1 Å². The van der Waals surface area contributed by atoms with Crippen molar-refractivity contribution in [3.8, 4) is 0 Å². The standard InChI is InChI=1S/C9H21NS/c1-9(2,3)7-8(10)5-6-11-4/h8H,5-7,10H2,1-4H3/t8-/m1/s1. The van der Waals surface area contributed by atoms with E-state index in [1.54, 1.807) is 0 Å². The third kappa shape index (κ3) is 8.21. The molecular weight excluding hydrogens is 154 g/mol. The zero-order valence-electron chi connectivity index (χ0n) is 8.18. The highest BCUT2D eigenvalue weighted by Gasteiger charge is 2.14. The quantitative estimate of drug-likeness (QED) is 0.710. The molecule has 2 heteroatoms. The number of thioether (sulfide) groups is 1. The summed E-state index contributed by atoms with van der Waals surface area (Å²) in [7, 11) is 0. The summed E-state index contributed by atoms with van der Waals surface area (Å²) < 4.78 is 0. The first-order chi connectivity index (χ1) is 4.95. The van der Waals surface area contributed by atoms with Gasteiger partial charge in [-0.25, -0.2) is 0 Å². The normalized spacial score (nSPS) is 15.0. The Morgan fingerprint density at radius 2 is 1.91 bits per heavy atom. The van der Waals surface area contributed by atoms with Crippen LogP contribution in [0, 0.1) is 5.41 Å². The van der Waals surface area contributed by atoms with Crippen LogP contribution in [0.5, 0.6) is 0 Å². The topological polar surface area (TPSA) is 26.0 Å². The van der Waals surface area contributed by atoms with Crippen molar-refractivity contribution >= 4 is 11.8 Å². The predicted octanol–water partition coefficient (Wildman–Crippen LogP) is 2.50. The molecule has 0 radical (unpaired) electrons. The highest BCUT2D eigenvalue weighted by molar-refractivity contribution is 7.98. The van der Waals surface area contributed by atoms with Gasteiger partial charge in [-0.05, 0) is 30.3 Å². The largest absolute Gasteiger partial charge is 0.328 e. The predicted molar refractivity (Wildman–Crippen MR) is 55.0 cm³/mol. The first kappa shape index (κ1) is 11.3. The maximum Gasteiger partial charge on any atom is 0.00516 e. The molecular formula is C9H21NS. The summed E-state index contributed by atoms with van der Waals surface area (Å²) >= 11 is 1.88. The van der Waals surface area contributed by atoms with E-state index < -0.39 is 0 Å². The van der Waals surface area contributed by atoms with Crippen LogP contribution in [0.15, 0.2) is 0 Å². The highest BCUT2D eigenvalue weighted by Crippen LogP contribution is 2.21. The second-order valence-electron chi connectivity index (χ2n) is 4.31. The van der Waals surface area contributed by atoms with Crippen LogP contribution in [-0.4, -0.2) is 18.1 Å². The van der Waals surface area contributed by atoms with Crippen molar-refractivity contribution in [1.82, 2.24) is 0 Å². The molecule has 0 aromatic carbocycles. The minimum atomic E-state index is 0.387. The lowest BCUT2D eigenvalue weighted by Gasteiger charge is -2.22. The molecule has 0 amide bonds. The van der Waals surface area contributed by atoms with Crippen molar-refractivity contribution in [2.24, 2.45) is 11.1 Å². The van der Waals surface area contributed by atoms with E-state index in [0.717, 1.165) is 12.8 Å². The van der Waals surface area contributed by atoms with E-state index in [2.05, 4.69) is 27.0 Å². The van der Waals surface area contributed by atoms with Gasteiger partial charge in [0.1, 0.15) is 0 Å². The highest BCUT2D eigenvalue weighted by atomic mass is 32.2. The van der Waals surface area contributed by atoms with E-state index in [-0.39, 0.29) is 0 Å². The van der Waals surface area contributed by atoms with Crippen molar-refractivity contribution in [3.63, 3.8) is 0 Å². The van der Waals surface area contributed by atoms with Gasteiger partial charge in [0.05, 0.1) is 0 Å². The summed E-state index contributed by atoms with van der Waals surface area (Å²) in [5.74, 6) is 1.19. The smallest absolute Gasteiger partial charge is 0.00516 e. The molecule has 1 atom stereocenters. The van der Waals surface area contributed by atoms with Gasteiger partial charge in [0.25, 0.3) is 0 Å². The van der Waals surface area contributed by atoms with Gasteiger partial charge in [0.15, 0.2) is 0 Å². The average Bonchev–Trinajstić information content (AvgIpc) is 1.79. The van der Waals surface area contributed by atoms with Crippen molar-refractivity contribution in [2.75, 3.05) is 12.0 Å². The van der Waals surface area contributed by atoms with Crippen LogP contribution >= 0.6 is 11.8 Å². The van der Waals surface area contributed by atoms with E-state index >= 15 is 0 Å². The molecule has 68 valence electrons. The van der Waals surface area contributed by atoms with Crippen molar-refractivity contribution in [3.05, 3.63) is 0 Å². The Bertz CT molecular complexity index is 96.2. The summed E-state index contributed by atoms with van der Waals surface area (Å²) in [6, 6.07) is 0.391. The number of hydrogen-bond acceptors (Lipinski definition) is 2. The molecule has 0 aromatic heterocycles. The Balaban J connectivity index is 3.44. The third-order valence-corrected chi connectivity index (χ3v) is 2.21. The van der Waals surface area contributed by atoms with Gasteiger partial charge in [0.2, 0.25) is 0 Å². The zero-order valence-corrected chi connectivity index (χ0v) is 9.00. The number of rotatable bonds is 4. The van der Waals surface area contributed by atoms with Crippen LogP contribution in [0.3, 0.4) is 0 Å². The Kier molecular flexibility index (Phi) is 5.19. The summed E-state index contributed by atoms with van der Waals surface area (Å²) in [6.45, 7) is 6.73. The van der Waals surface area contributed by atoms with Crippen molar-refractivity contribution in [2.45, 2.75) is 39.7 Å². The lowest BCUT2D eigenvalue weighted by Crippen LogP contribution is -2.26. The van der Waals surface area contributed by atoms with Crippen LogP contribution in [0.4, 0.5) is 0 Å². The van der Waals surface area contributed by atoms with Gasteiger partial charge in [0, 0.05) is 6.04 Å². The van der Waals surface area contributed by atoms with Crippen molar-refractivity contribution in [1.29, 1.82) is 0 Å². The maximum atomic E-state index is 5.93. The van der Waals surface area contributed by atoms with Gasteiger partial charge < -0.3 is 5.73 Å². The maximum absolute atomic E-state index is 5.93. The molecule has 2 N–H and O–H groups in total. The fourth-order valence-corrected chi connectivity index (χ4v) is 1.70. The minimum absolute atomic E-state index is 0.387. The van der Waals surface area contributed by atoms with Crippen molar-refractivity contribution < 1.29 is 0 Å². The summed E-state index contributed by atoms with van der Waals surface area (Å²) in [6.07, 6.45) is 4.41. The lowest BCUT2D eigenvalue weighted by molar-refractivity contribution is 0.336. The fourth-order valence-electron chi connectivity index (χ4n) is 1.16. The SMILES string of the molecule is CSCC[C@@H](N)CC(C)(C)C. The Hall–Kier alpha value is 0.310. The lowest BCUT2D eigenvalue weighted by atomic mass is 9.88. The van der Waals surface area contributed by atoms with Crippen LogP contribution in [0.25, 0.3) is 0 Å². The number of nitrogens with two attached hydrogens (primary N) is 1. The van der Waals surface area contributed by atoms with Crippen LogP contribution in [-0.2, 0) is 0 Å². The van der Waals surface area contributed by atoms with Gasteiger partial charge in [-0.1, -0.05) is 20.8 Å². The van der Waals surface area contributed by atoms with Crippen LogP contribution in [0.2, 0.25) is 0 Å². The van der Waals surface area contributed by atoms with E-state index in [0.29, 0.717) is 11.5 Å². The van der Waals surface area contributed by atoms with E-state index in [9.17, 15) is 0 Å². The molecule has 0 heterocycles. The van der Waals surface area contributed by atoms with Gasteiger partial charge in [-0.2, -0.15) is 11.8 Å². The van der Waals surface area contributed by atoms with Gasteiger partial charge in [-0.15, -0.1) is 0 Å². The summed E-state index contributed by atoms with van der Waals surface area (Å²) in [5.41, 5.74) is 6.32. The third-order valence-electron chi connectivity index (χ3n) is 1.57.